The Morgan fingerprint density at radius 3 is 1.64 bits per heavy atom. The number of alkyl halides is 3. The molecule has 0 saturated carbocycles. The van der Waals surface area contributed by atoms with Crippen molar-refractivity contribution in [2.45, 2.75) is 4.84 Å². The average molecular weight is 223 g/mol. The lowest BCUT2D eigenvalue weighted by Crippen LogP contribution is -1.97. The van der Waals surface area contributed by atoms with Gasteiger partial charge in [0.15, 0.2) is 0 Å². The Morgan fingerprint density at radius 2 is 1.64 bits per heavy atom. The fourth-order valence-electron chi connectivity index (χ4n) is 0.0833. The molecule has 0 aromatic heterocycles. The quantitative estimate of drug-likeness (QED) is 0.506. The molecule has 11 heavy (non-hydrogen) atoms. The Bertz CT molecular complexity index is 91.0. The van der Waals surface area contributed by atoms with E-state index in [-0.39, 0.29) is 0 Å². The molecule has 0 aliphatic carbocycles. The van der Waals surface area contributed by atoms with Crippen molar-refractivity contribution in [1.29, 1.82) is 0 Å². The van der Waals surface area contributed by atoms with E-state index in [1.165, 1.54) is 14.2 Å². The van der Waals surface area contributed by atoms with Crippen LogP contribution in [0.1, 0.15) is 0 Å². The number of carbonyl (C=O) groups is 1. The zero-order valence-electron chi connectivity index (χ0n) is 6.14. The van der Waals surface area contributed by atoms with Crippen LogP contribution in [0.4, 0.5) is 4.79 Å². The summed E-state index contributed by atoms with van der Waals surface area (Å²) in [5.74, 6) is 0.309. The van der Waals surface area contributed by atoms with Crippen molar-refractivity contribution in [3.05, 3.63) is 0 Å². The first-order valence-electron chi connectivity index (χ1n) is 2.54. The second-order valence-electron chi connectivity index (χ2n) is 1.20. The molecule has 0 N–H and O–H groups in total. The molecule has 0 rings (SSSR count). The predicted octanol–water partition coefficient (Wildman–Crippen LogP) is 2.43. The van der Waals surface area contributed by atoms with Gasteiger partial charge in [0.05, 0.1) is 20.1 Å². The van der Waals surface area contributed by atoms with Crippen LogP contribution < -0.4 is 0 Å². The Labute approximate surface area is 80.5 Å². The van der Waals surface area contributed by atoms with Crippen LogP contribution in [0.25, 0.3) is 0 Å². The number of halogens is 3. The zero-order chi connectivity index (χ0) is 9.28. The molecule has 0 bridgehead atoms. The van der Waals surface area contributed by atoms with Gasteiger partial charge in [-0.15, -0.1) is 34.8 Å². The van der Waals surface area contributed by atoms with Crippen LogP contribution >= 0.6 is 34.8 Å². The van der Waals surface area contributed by atoms with Crippen molar-refractivity contribution in [1.82, 2.24) is 0 Å². The van der Waals surface area contributed by atoms with Gasteiger partial charge in [0.1, 0.15) is 4.84 Å². The zero-order valence-corrected chi connectivity index (χ0v) is 8.41. The van der Waals surface area contributed by atoms with E-state index in [4.69, 9.17) is 34.8 Å². The molecular weight excluding hydrogens is 214 g/mol. The summed E-state index contributed by atoms with van der Waals surface area (Å²) in [5.41, 5.74) is 0. The summed E-state index contributed by atoms with van der Waals surface area (Å²) < 4.78 is 8.08. The summed E-state index contributed by atoms with van der Waals surface area (Å²) in [7, 11) is 2.51. The molecule has 0 radical (unpaired) electrons. The van der Waals surface area contributed by atoms with E-state index in [0.717, 1.165) is 0 Å². The molecule has 0 saturated heterocycles. The Hall–Kier alpha value is 0.140. The molecular formula is C5H9Cl3O3. The van der Waals surface area contributed by atoms with Crippen LogP contribution in [0.3, 0.4) is 0 Å². The molecule has 0 aliphatic heterocycles. The van der Waals surface area contributed by atoms with Gasteiger partial charge in [0.25, 0.3) is 0 Å². The smallest absolute Gasteiger partial charge is 0.438 e. The minimum absolute atomic E-state index is 0.309. The third-order valence-corrected chi connectivity index (χ3v) is 1.38. The third kappa shape index (κ3) is 17.8. The lowest BCUT2D eigenvalue weighted by molar-refractivity contribution is 0.0924. The van der Waals surface area contributed by atoms with E-state index in [0.29, 0.717) is 5.88 Å². The van der Waals surface area contributed by atoms with E-state index in [1.54, 1.807) is 0 Å². The summed E-state index contributed by atoms with van der Waals surface area (Å²) >= 11 is 15.3. The number of carbonyl (C=O) groups excluding carboxylic acids is 1. The van der Waals surface area contributed by atoms with Crippen molar-refractivity contribution in [2.75, 3.05) is 20.1 Å². The van der Waals surface area contributed by atoms with Crippen molar-refractivity contribution in [3.8, 4) is 0 Å². The Kier molecular flexibility index (Phi) is 12.6. The van der Waals surface area contributed by atoms with Gasteiger partial charge in [-0.25, -0.2) is 4.79 Å². The number of hydrogen-bond donors (Lipinski definition) is 0. The molecule has 0 aromatic rings. The molecule has 0 heterocycles. The van der Waals surface area contributed by atoms with Crippen LogP contribution in [0.2, 0.25) is 0 Å². The van der Waals surface area contributed by atoms with Crippen molar-refractivity contribution in [3.63, 3.8) is 0 Å². The molecule has 3 nitrogen and oxygen atoms in total. The van der Waals surface area contributed by atoms with Crippen molar-refractivity contribution in [2.24, 2.45) is 0 Å². The maximum atomic E-state index is 9.74. The number of ether oxygens (including phenoxy) is 2. The molecule has 0 aromatic carbocycles. The fraction of sp³-hybridized carbons (Fsp3) is 0.800. The van der Waals surface area contributed by atoms with Gasteiger partial charge in [0, 0.05) is 0 Å². The molecule has 0 aliphatic rings. The summed E-state index contributed by atoms with van der Waals surface area (Å²) in [6.45, 7) is 0. The van der Waals surface area contributed by atoms with E-state index >= 15 is 0 Å². The van der Waals surface area contributed by atoms with Gasteiger partial charge in [-0.1, -0.05) is 0 Å². The van der Waals surface area contributed by atoms with Crippen LogP contribution in [0.15, 0.2) is 0 Å². The maximum Gasteiger partial charge on any atom is 0.507 e. The van der Waals surface area contributed by atoms with E-state index in [1.807, 2.05) is 0 Å². The molecule has 0 fully saturated rings. The second-order valence-corrected chi connectivity index (χ2v) is 2.79. The van der Waals surface area contributed by atoms with Gasteiger partial charge in [0.2, 0.25) is 0 Å². The first-order chi connectivity index (χ1) is 5.08. The van der Waals surface area contributed by atoms with E-state index < -0.39 is 11.0 Å². The van der Waals surface area contributed by atoms with E-state index in [9.17, 15) is 4.79 Å². The Morgan fingerprint density at radius 1 is 1.36 bits per heavy atom. The number of hydrogen-bond acceptors (Lipinski definition) is 3. The molecule has 6 heteroatoms. The molecule has 0 unspecified atom stereocenters. The summed E-state index contributed by atoms with van der Waals surface area (Å²) in [5, 5.41) is 0. The lowest BCUT2D eigenvalue weighted by atomic mass is 10.9. The van der Waals surface area contributed by atoms with Crippen LogP contribution in [-0.4, -0.2) is 31.1 Å². The van der Waals surface area contributed by atoms with Gasteiger partial charge < -0.3 is 9.47 Å². The second kappa shape index (κ2) is 10.1. The van der Waals surface area contributed by atoms with Gasteiger partial charge in [-0.2, -0.15) is 0 Å². The topological polar surface area (TPSA) is 35.5 Å². The highest BCUT2D eigenvalue weighted by molar-refractivity contribution is 6.47. The SMILES string of the molecule is COC(=O)OC.ClCC(Cl)Cl. The minimum atomic E-state index is -0.657. The largest absolute Gasteiger partial charge is 0.507 e. The van der Waals surface area contributed by atoms with Gasteiger partial charge in [-0.05, 0) is 0 Å². The average Bonchev–Trinajstić information content (AvgIpc) is 2.04. The molecule has 0 atom stereocenters. The highest BCUT2D eigenvalue weighted by Gasteiger charge is 1.89. The van der Waals surface area contributed by atoms with Crippen LogP contribution in [-0.2, 0) is 9.47 Å². The highest BCUT2D eigenvalue weighted by Crippen LogP contribution is 2.01. The van der Waals surface area contributed by atoms with Crippen LogP contribution in [0.5, 0.6) is 0 Å². The number of rotatable bonds is 1. The van der Waals surface area contributed by atoms with Crippen molar-refractivity contribution < 1.29 is 14.3 Å². The molecule has 0 amide bonds. The molecule has 0 spiro atoms. The lowest BCUT2D eigenvalue weighted by Gasteiger charge is -1.89. The maximum absolute atomic E-state index is 9.74. The fourth-order valence-corrected chi connectivity index (χ4v) is 0.0833. The van der Waals surface area contributed by atoms with Crippen molar-refractivity contribution >= 4 is 41.0 Å². The van der Waals surface area contributed by atoms with E-state index in [2.05, 4.69) is 9.47 Å². The standard InChI is InChI=1S/C3H6O3.C2H3Cl3/c1-5-3(4)6-2;3-1-2(4)5/h1-2H3;2H,1H2. The predicted molar refractivity (Wildman–Crippen MR) is 45.6 cm³/mol. The summed E-state index contributed by atoms with van der Waals surface area (Å²) in [6, 6.07) is 0. The monoisotopic (exact) mass is 222 g/mol. The Balaban J connectivity index is 0. The number of methoxy groups -OCH3 is 2. The van der Waals surface area contributed by atoms with Gasteiger partial charge in [-0.3, -0.25) is 0 Å². The normalized spacial score (nSPS) is 8.18. The first kappa shape index (κ1) is 13.7. The molecule has 68 valence electrons. The summed E-state index contributed by atoms with van der Waals surface area (Å²) in [4.78, 5) is 9.33. The minimum Gasteiger partial charge on any atom is -0.438 e. The highest BCUT2D eigenvalue weighted by atomic mass is 35.5. The first-order valence-corrected chi connectivity index (χ1v) is 3.95. The van der Waals surface area contributed by atoms with Crippen LogP contribution in [0, 0.1) is 0 Å². The van der Waals surface area contributed by atoms with Gasteiger partial charge >= 0.3 is 6.16 Å². The third-order valence-electron chi connectivity index (χ3n) is 0.450. The summed E-state index contributed by atoms with van der Waals surface area (Å²) in [6.07, 6.45) is -0.657.